The summed E-state index contributed by atoms with van der Waals surface area (Å²) in [6.07, 6.45) is 1.91. The summed E-state index contributed by atoms with van der Waals surface area (Å²) in [6, 6.07) is 6.69. The molecule has 0 atom stereocenters. The smallest absolute Gasteiger partial charge is 0.242 e. The molecule has 1 heterocycles. The van der Waals surface area contributed by atoms with Gasteiger partial charge in [0.1, 0.15) is 17.8 Å². The van der Waals surface area contributed by atoms with Gasteiger partial charge in [-0.15, -0.1) is 0 Å². The maximum Gasteiger partial charge on any atom is 0.242 e. The average Bonchev–Trinajstić information content (AvgIpc) is 2.44. The van der Waals surface area contributed by atoms with Crippen molar-refractivity contribution in [1.29, 1.82) is 0 Å². The molecule has 0 spiro atoms. The zero-order chi connectivity index (χ0) is 15.2. The summed E-state index contributed by atoms with van der Waals surface area (Å²) in [4.78, 5) is 8.08. The summed E-state index contributed by atoms with van der Waals surface area (Å²) in [7, 11) is 0. The lowest BCUT2D eigenvalue weighted by Gasteiger charge is -2.13. The number of benzene rings is 1. The van der Waals surface area contributed by atoms with Crippen LogP contribution in [0.3, 0.4) is 0 Å². The second-order valence-corrected chi connectivity index (χ2v) is 4.88. The first-order chi connectivity index (χ1) is 10.1. The molecule has 5 nitrogen and oxygen atoms in total. The Morgan fingerprint density at radius 3 is 2.76 bits per heavy atom. The van der Waals surface area contributed by atoms with E-state index < -0.39 is 0 Å². The fraction of sp³-hybridized carbons (Fsp3) is 0.333. The van der Waals surface area contributed by atoms with E-state index >= 15 is 0 Å². The number of nitrogens with one attached hydrogen (secondary N) is 1. The van der Waals surface area contributed by atoms with E-state index in [1.807, 2.05) is 19.9 Å². The largest absolute Gasteiger partial charge is 0.473 e. The van der Waals surface area contributed by atoms with E-state index in [2.05, 4.69) is 15.3 Å². The van der Waals surface area contributed by atoms with Crippen molar-refractivity contribution in [3.63, 3.8) is 0 Å². The van der Waals surface area contributed by atoms with Gasteiger partial charge >= 0.3 is 0 Å². The number of anilines is 2. The average molecular weight is 290 g/mol. The number of ether oxygens (including phenoxy) is 1. The molecule has 0 fully saturated rings. The number of nitrogen functional groups attached to an aromatic ring is 1. The zero-order valence-electron chi connectivity index (χ0n) is 12.1. The highest BCUT2D eigenvalue weighted by molar-refractivity contribution is 5.66. The third-order valence-corrected chi connectivity index (χ3v) is 2.84. The van der Waals surface area contributed by atoms with Gasteiger partial charge in [-0.05, 0) is 31.9 Å². The normalized spacial score (nSPS) is 10.7. The van der Waals surface area contributed by atoms with Crippen molar-refractivity contribution < 1.29 is 9.13 Å². The molecule has 1 aromatic heterocycles. The van der Waals surface area contributed by atoms with Crippen LogP contribution >= 0.6 is 0 Å². The fourth-order valence-corrected chi connectivity index (χ4v) is 1.85. The number of rotatable bonds is 6. The van der Waals surface area contributed by atoms with Crippen LogP contribution < -0.4 is 15.8 Å². The molecular weight excluding hydrogens is 271 g/mol. The third-order valence-electron chi connectivity index (χ3n) is 2.84. The van der Waals surface area contributed by atoms with E-state index in [0.717, 1.165) is 0 Å². The highest BCUT2D eigenvalue weighted by Crippen LogP contribution is 2.25. The monoisotopic (exact) mass is 290 g/mol. The molecule has 0 aliphatic rings. The van der Waals surface area contributed by atoms with Gasteiger partial charge in [-0.1, -0.05) is 18.2 Å². The number of aromatic nitrogens is 2. The minimum absolute atomic E-state index is 0.0199. The first-order valence-corrected chi connectivity index (χ1v) is 6.82. The van der Waals surface area contributed by atoms with Crippen LogP contribution in [-0.2, 0) is 6.42 Å². The number of hydrogen-bond acceptors (Lipinski definition) is 5. The van der Waals surface area contributed by atoms with E-state index in [1.54, 1.807) is 12.1 Å². The summed E-state index contributed by atoms with van der Waals surface area (Å²) >= 11 is 0. The zero-order valence-corrected chi connectivity index (χ0v) is 12.1. The van der Waals surface area contributed by atoms with Crippen molar-refractivity contribution in [2.24, 2.45) is 0 Å². The summed E-state index contributed by atoms with van der Waals surface area (Å²) in [5.74, 6) is 0.643. The van der Waals surface area contributed by atoms with E-state index in [-0.39, 0.29) is 11.9 Å². The molecule has 6 heteroatoms. The lowest BCUT2D eigenvalue weighted by molar-refractivity contribution is 0.234. The van der Waals surface area contributed by atoms with Crippen LogP contribution in [-0.4, -0.2) is 22.6 Å². The topological polar surface area (TPSA) is 73.1 Å². The van der Waals surface area contributed by atoms with Crippen molar-refractivity contribution in [2.45, 2.75) is 26.4 Å². The van der Waals surface area contributed by atoms with Crippen LogP contribution in [0.2, 0.25) is 0 Å². The van der Waals surface area contributed by atoms with Gasteiger partial charge in [0.15, 0.2) is 5.82 Å². The number of nitrogens with zero attached hydrogens (tertiary/aromatic N) is 2. The van der Waals surface area contributed by atoms with Crippen molar-refractivity contribution in [1.82, 2.24) is 9.97 Å². The SMILES string of the molecule is CC(C)Oc1ncnc(NCCc2ccccc2F)c1N. The Labute approximate surface area is 123 Å². The molecule has 2 rings (SSSR count). The maximum absolute atomic E-state index is 13.5. The molecule has 0 amide bonds. The van der Waals surface area contributed by atoms with Crippen molar-refractivity contribution in [3.05, 3.63) is 42.0 Å². The summed E-state index contributed by atoms with van der Waals surface area (Å²) in [6.45, 7) is 4.31. The van der Waals surface area contributed by atoms with Gasteiger partial charge in [-0.3, -0.25) is 0 Å². The van der Waals surface area contributed by atoms with E-state index in [4.69, 9.17) is 10.5 Å². The Balaban J connectivity index is 1.99. The fourth-order valence-electron chi connectivity index (χ4n) is 1.85. The van der Waals surface area contributed by atoms with Crippen LogP contribution in [0.5, 0.6) is 5.88 Å². The standard InChI is InChI=1S/C15H19FN4O/c1-10(2)21-15-13(17)14(19-9-20-15)18-8-7-11-5-3-4-6-12(11)16/h3-6,9-10H,7-8,17H2,1-2H3,(H,18,19,20). The van der Waals surface area contributed by atoms with E-state index in [1.165, 1.54) is 12.4 Å². The van der Waals surface area contributed by atoms with Gasteiger partial charge in [0.25, 0.3) is 0 Å². The third kappa shape index (κ3) is 4.05. The minimum atomic E-state index is -0.209. The number of nitrogens with two attached hydrogens (primary N) is 1. The van der Waals surface area contributed by atoms with E-state index in [9.17, 15) is 4.39 Å². The minimum Gasteiger partial charge on any atom is -0.473 e. The van der Waals surface area contributed by atoms with Crippen molar-refractivity contribution in [2.75, 3.05) is 17.6 Å². The molecular formula is C15H19FN4O. The summed E-state index contributed by atoms with van der Waals surface area (Å²) < 4.78 is 19.0. The number of hydrogen-bond donors (Lipinski definition) is 2. The van der Waals surface area contributed by atoms with Gasteiger partial charge in [0.2, 0.25) is 5.88 Å². The Morgan fingerprint density at radius 2 is 2.05 bits per heavy atom. The van der Waals surface area contributed by atoms with Gasteiger partial charge in [-0.2, -0.15) is 4.98 Å². The van der Waals surface area contributed by atoms with Crippen LogP contribution in [0.4, 0.5) is 15.9 Å². The van der Waals surface area contributed by atoms with Gasteiger partial charge in [0, 0.05) is 6.54 Å². The second-order valence-electron chi connectivity index (χ2n) is 4.88. The molecule has 0 radical (unpaired) electrons. The van der Waals surface area contributed by atoms with Crippen LogP contribution in [0.25, 0.3) is 0 Å². The van der Waals surface area contributed by atoms with Crippen molar-refractivity contribution >= 4 is 11.5 Å². The van der Waals surface area contributed by atoms with Crippen LogP contribution in [0.1, 0.15) is 19.4 Å². The Hall–Kier alpha value is -2.37. The molecule has 2 aromatic rings. The highest BCUT2D eigenvalue weighted by Gasteiger charge is 2.10. The molecule has 0 saturated carbocycles. The van der Waals surface area contributed by atoms with Gasteiger partial charge < -0.3 is 15.8 Å². The quantitative estimate of drug-likeness (QED) is 0.855. The molecule has 0 aliphatic carbocycles. The molecule has 0 unspecified atom stereocenters. The lowest BCUT2D eigenvalue weighted by Crippen LogP contribution is -2.13. The number of halogens is 1. The molecule has 21 heavy (non-hydrogen) atoms. The first kappa shape index (κ1) is 15.0. The Bertz CT molecular complexity index is 604. The Morgan fingerprint density at radius 1 is 1.29 bits per heavy atom. The van der Waals surface area contributed by atoms with Gasteiger partial charge in [0.05, 0.1) is 6.10 Å². The molecule has 0 bridgehead atoms. The molecule has 3 N–H and O–H groups in total. The highest BCUT2D eigenvalue weighted by atomic mass is 19.1. The Kier molecular flexibility index (Phi) is 4.92. The maximum atomic E-state index is 13.5. The van der Waals surface area contributed by atoms with Gasteiger partial charge in [-0.25, -0.2) is 9.37 Å². The summed E-state index contributed by atoms with van der Waals surface area (Å²) in [5, 5.41) is 3.08. The molecule has 112 valence electrons. The summed E-state index contributed by atoms with van der Waals surface area (Å²) in [5.41, 5.74) is 6.96. The first-order valence-electron chi connectivity index (χ1n) is 6.82. The van der Waals surface area contributed by atoms with Crippen molar-refractivity contribution in [3.8, 4) is 5.88 Å². The molecule has 0 saturated heterocycles. The van der Waals surface area contributed by atoms with E-state index in [0.29, 0.717) is 35.9 Å². The second kappa shape index (κ2) is 6.88. The lowest BCUT2D eigenvalue weighted by atomic mass is 10.1. The predicted octanol–water partition coefficient (Wildman–Crippen LogP) is 2.64. The van der Waals surface area contributed by atoms with Crippen LogP contribution in [0.15, 0.2) is 30.6 Å². The molecule has 0 aliphatic heterocycles. The van der Waals surface area contributed by atoms with Crippen LogP contribution in [0, 0.1) is 5.82 Å². The molecule has 1 aromatic carbocycles. The predicted molar refractivity (Wildman–Crippen MR) is 80.8 cm³/mol.